The maximum atomic E-state index is 14.7. The topological polar surface area (TPSA) is 224 Å². The SMILES string of the molecule is O=C(O)[C@H]1CCCN1C(=O)[C@H]1CCCN1C(=O)[C@H]1CCCN1C(=O)[C@H]1CCCN1C(=O)[C@H]1CCCN1C(=O)[C@H]1CCCN1C(=O)N[C@@H]1CC[C@@]2(O)[C@H]3Cc4ccc(O)c5c4[C@@]2(CCN3CC2CC2)[C@H]1O5. The summed E-state index contributed by atoms with van der Waals surface area (Å²) < 4.78 is 6.71. The molecule has 8 aliphatic heterocycles. The summed E-state index contributed by atoms with van der Waals surface area (Å²) in [5, 5.41) is 37.1. The Balaban J connectivity index is 0.713. The lowest BCUT2D eigenvalue weighted by molar-refractivity contribution is -0.191. The molecule has 4 N–H and O–H groups in total. The minimum absolute atomic E-state index is 0.0334. The van der Waals surface area contributed by atoms with Gasteiger partial charge in [-0.1, -0.05) is 6.07 Å². The molecule has 8 heterocycles. The van der Waals surface area contributed by atoms with Crippen molar-refractivity contribution in [3.05, 3.63) is 23.3 Å². The maximum absolute atomic E-state index is 14.7. The fourth-order valence-electron chi connectivity index (χ4n) is 15.5. The van der Waals surface area contributed by atoms with Gasteiger partial charge in [0.1, 0.15) is 42.4 Å². The number of hydrogen-bond donors (Lipinski definition) is 4. The summed E-state index contributed by atoms with van der Waals surface area (Å²) in [6, 6.07) is -2.19. The maximum Gasteiger partial charge on any atom is 0.326 e. The third-order valence-corrected chi connectivity index (χ3v) is 19.0. The zero-order valence-corrected chi connectivity index (χ0v) is 40.1. The van der Waals surface area contributed by atoms with Gasteiger partial charge in [-0.05, 0) is 140 Å². The van der Waals surface area contributed by atoms with Gasteiger partial charge in [0.25, 0.3) is 0 Å². The number of carboxylic acids is 1. The minimum Gasteiger partial charge on any atom is -0.504 e. The van der Waals surface area contributed by atoms with Gasteiger partial charge >= 0.3 is 12.0 Å². The van der Waals surface area contributed by atoms with Gasteiger partial charge in [-0.3, -0.25) is 28.9 Å². The highest BCUT2D eigenvalue weighted by atomic mass is 16.5. The van der Waals surface area contributed by atoms with Crippen LogP contribution in [-0.2, 0) is 40.6 Å². The minimum atomic E-state index is -1.10. The number of benzene rings is 1. The molecule has 1 aromatic rings. The fraction of sp³-hybridized carbons (Fsp3) is 0.745. The van der Waals surface area contributed by atoms with Crippen molar-refractivity contribution in [2.24, 2.45) is 5.92 Å². The van der Waals surface area contributed by atoms with E-state index in [0.717, 1.165) is 24.2 Å². The van der Waals surface area contributed by atoms with Crippen molar-refractivity contribution >= 4 is 41.5 Å². The Morgan fingerprint density at radius 3 is 1.53 bits per heavy atom. The van der Waals surface area contributed by atoms with Gasteiger partial charge in [0.2, 0.25) is 29.5 Å². The molecule has 70 heavy (non-hydrogen) atoms. The predicted molar refractivity (Wildman–Crippen MR) is 248 cm³/mol. The van der Waals surface area contributed by atoms with Crippen molar-refractivity contribution in [2.45, 2.75) is 181 Å². The van der Waals surface area contributed by atoms with Crippen LogP contribution in [0.25, 0.3) is 0 Å². The van der Waals surface area contributed by atoms with Crippen molar-refractivity contribution in [1.82, 2.24) is 39.6 Å². The number of amides is 7. The number of nitrogens with one attached hydrogen (secondary N) is 1. The number of nitrogens with zero attached hydrogens (tertiary/aromatic N) is 7. The largest absolute Gasteiger partial charge is 0.504 e. The number of rotatable bonds is 9. The van der Waals surface area contributed by atoms with Gasteiger partial charge in [0, 0.05) is 57.4 Å². The molecule has 11 atom stereocenters. The van der Waals surface area contributed by atoms with Crippen molar-refractivity contribution in [3.8, 4) is 11.5 Å². The standard InChI is InChI=1S/C51H68N8O11/c60-38-16-15-30-27-39-51(69)18-17-31(42-50(51,40(30)41(38)70-42)19-26-53(39)28-29-13-14-29)52-49(68)59-25-5-11-36(59)47(65)57-23-3-9-34(57)45(63)55-21-1-7-32(55)43(61)54-20-2-8-33(54)44(62)56-22-4-10-35(56)46(64)58-24-6-12-37(58)48(66)67/h15-16,29,31-37,39,42,60,69H,1-14,17-28H2,(H,52,68)(H,66,67)/t31-,32-,33-,34-,35-,36-,37-,39-,42+,50+,51-/m1/s1. The van der Waals surface area contributed by atoms with Crippen LogP contribution in [0.3, 0.4) is 0 Å². The molecule has 0 radical (unpaired) electrons. The number of carboxylic acid groups (broad SMARTS) is 1. The number of likely N-dealkylation sites (tertiary alicyclic amines) is 7. The van der Waals surface area contributed by atoms with E-state index in [-0.39, 0.29) is 41.3 Å². The number of aliphatic hydroxyl groups is 1. The zero-order chi connectivity index (χ0) is 48.4. The predicted octanol–water partition coefficient (Wildman–Crippen LogP) is 1.54. The van der Waals surface area contributed by atoms with Crippen LogP contribution in [0.2, 0.25) is 0 Å². The molecule has 2 bridgehead atoms. The Kier molecular flexibility index (Phi) is 11.3. The molecule has 7 amide bonds. The molecule has 3 aliphatic carbocycles. The van der Waals surface area contributed by atoms with Crippen LogP contribution in [0.15, 0.2) is 12.1 Å². The first-order chi connectivity index (χ1) is 33.8. The molecule has 2 saturated carbocycles. The van der Waals surface area contributed by atoms with Gasteiger partial charge in [-0.25, -0.2) is 9.59 Å². The van der Waals surface area contributed by atoms with E-state index in [1.165, 1.54) is 17.7 Å². The second-order valence-corrected chi connectivity index (χ2v) is 22.5. The quantitative estimate of drug-likeness (QED) is 0.277. The van der Waals surface area contributed by atoms with E-state index >= 15 is 0 Å². The number of piperidine rings is 1. The van der Waals surface area contributed by atoms with Crippen LogP contribution in [0.4, 0.5) is 4.79 Å². The molecular formula is C51H68N8O11. The number of aromatic hydroxyl groups is 1. The normalized spacial score (nSPS) is 36.4. The van der Waals surface area contributed by atoms with E-state index in [2.05, 4.69) is 10.2 Å². The lowest BCUT2D eigenvalue weighted by Crippen LogP contribution is -2.78. The number of urea groups is 1. The summed E-state index contributed by atoms with van der Waals surface area (Å²) >= 11 is 0. The Labute approximate surface area is 407 Å². The van der Waals surface area contributed by atoms with Crippen molar-refractivity contribution in [3.63, 3.8) is 0 Å². The summed E-state index contributed by atoms with van der Waals surface area (Å²) in [5.41, 5.74) is 0.0557. The highest BCUT2D eigenvalue weighted by molar-refractivity contribution is 5.98. The van der Waals surface area contributed by atoms with Crippen molar-refractivity contribution in [1.29, 1.82) is 0 Å². The highest BCUT2D eigenvalue weighted by Gasteiger charge is 2.73. The van der Waals surface area contributed by atoms with E-state index in [4.69, 9.17) is 4.74 Å². The summed E-state index contributed by atoms with van der Waals surface area (Å²) in [7, 11) is 0. The van der Waals surface area contributed by atoms with Crippen LogP contribution >= 0.6 is 0 Å². The first-order valence-electron chi connectivity index (χ1n) is 26.6. The first kappa shape index (κ1) is 45.9. The summed E-state index contributed by atoms with van der Waals surface area (Å²) in [6.07, 6.45) is 10.2. The molecule has 0 aromatic heterocycles. The van der Waals surface area contributed by atoms with Crippen LogP contribution in [-0.4, -0.2) is 204 Å². The summed E-state index contributed by atoms with van der Waals surface area (Å²) in [5.74, 6) is -1.51. The van der Waals surface area contributed by atoms with Crippen molar-refractivity contribution in [2.75, 3.05) is 52.4 Å². The number of phenols is 1. The smallest absolute Gasteiger partial charge is 0.326 e. The van der Waals surface area contributed by atoms with Gasteiger partial charge in [-0.15, -0.1) is 0 Å². The van der Waals surface area contributed by atoms with Gasteiger partial charge in [-0.2, -0.15) is 0 Å². The molecule has 1 spiro atoms. The van der Waals surface area contributed by atoms with Crippen LogP contribution in [0.1, 0.15) is 120 Å². The Morgan fingerprint density at radius 2 is 1.04 bits per heavy atom. The third-order valence-electron chi connectivity index (χ3n) is 19.0. The molecule has 378 valence electrons. The fourth-order valence-corrected chi connectivity index (χ4v) is 15.5. The van der Waals surface area contributed by atoms with E-state index in [0.29, 0.717) is 154 Å². The Hall–Kier alpha value is -5.17. The van der Waals surface area contributed by atoms with E-state index in [1.807, 2.05) is 6.07 Å². The average Bonchev–Trinajstić information content (AvgIpc) is 4.15. The molecule has 9 fully saturated rings. The van der Waals surface area contributed by atoms with Gasteiger partial charge in [0.15, 0.2) is 11.5 Å². The van der Waals surface area contributed by atoms with Crippen LogP contribution in [0, 0.1) is 5.92 Å². The zero-order valence-electron chi connectivity index (χ0n) is 40.1. The second kappa shape index (κ2) is 17.3. The van der Waals surface area contributed by atoms with Crippen LogP contribution < -0.4 is 10.1 Å². The van der Waals surface area contributed by atoms with Gasteiger partial charge in [0.05, 0.1) is 17.1 Å². The highest BCUT2D eigenvalue weighted by Crippen LogP contribution is 2.65. The number of aliphatic carboxylic acids is 1. The molecule has 12 rings (SSSR count). The molecule has 7 saturated heterocycles. The summed E-state index contributed by atoms with van der Waals surface area (Å²) in [6.45, 7) is 3.82. The lowest BCUT2D eigenvalue weighted by Gasteiger charge is -2.64. The molecule has 19 heteroatoms. The number of carbonyl (C=O) groups is 7. The number of hydrogen-bond acceptors (Lipinski definition) is 11. The Bertz CT molecular complexity index is 2380. The number of carbonyl (C=O) groups excluding carboxylic acids is 6. The van der Waals surface area contributed by atoms with E-state index < -0.39 is 71.4 Å². The molecule has 11 aliphatic rings. The first-order valence-corrected chi connectivity index (χ1v) is 26.6. The van der Waals surface area contributed by atoms with Gasteiger partial charge < -0.3 is 54.8 Å². The second-order valence-electron chi connectivity index (χ2n) is 22.5. The van der Waals surface area contributed by atoms with Crippen LogP contribution in [0.5, 0.6) is 11.5 Å². The molecule has 0 unspecified atom stereocenters. The van der Waals surface area contributed by atoms with E-state index in [1.54, 1.807) is 30.6 Å². The average molecular weight is 969 g/mol. The van der Waals surface area contributed by atoms with E-state index in [9.17, 15) is 48.9 Å². The Morgan fingerprint density at radius 1 is 0.586 bits per heavy atom. The number of phenolic OH excluding ortho intramolecular Hbond substituents is 1. The molecule has 1 aromatic carbocycles. The third kappa shape index (κ3) is 6.96. The lowest BCUT2D eigenvalue weighted by atomic mass is 9.48. The number of ether oxygens (including phenoxy) is 1. The summed E-state index contributed by atoms with van der Waals surface area (Å²) in [4.78, 5) is 110. The monoisotopic (exact) mass is 969 g/mol. The van der Waals surface area contributed by atoms with Crippen molar-refractivity contribution < 1.29 is 53.6 Å². The molecular weight excluding hydrogens is 901 g/mol. The molecule has 19 nitrogen and oxygen atoms in total.